The van der Waals surface area contributed by atoms with Crippen LogP contribution in [0, 0.1) is 11.8 Å². The quantitative estimate of drug-likeness (QED) is 0.193. The van der Waals surface area contributed by atoms with E-state index in [1.807, 2.05) is 35.7 Å². The number of carbonyl (C=O) groups is 1. The number of benzene rings is 2. The Balaban J connectivity index is 1.25. The Morgan fingerprint density at radius 3 is 2.69 bits per heavy atom. The average Bonchev–Trinajstić information content (AvgIpc) is 3.59. The van der Waals surface area contributed by atoms with Gasteiger partial charge in [0.2, 0.25) is 6.43 Å². The van der Waals surface area contributed by atoms with E-state index in [2.05, 4.69) is 22.4 Å². The molecule has 1 fully saturated rings. The lowest BCUT2D eigenvalue weighted by molar-refractivity contribution is -0.148. The summed E-state index contributed by atoms with van der Waals surface area (Å²) in [7, 11) is 1.40. The number of nitrogens with zero attached hydrogens (tertiary/aromatic N) is 1. The predicted octanol–water partition coefficient (Wildman–Crippen LogP) is 8.31. The molecule has 42 heavy (non-hydrogen) atoms. The number of anilines is 1. The maximum atomic E-state index is 14.6. The molecule has 2 aliphatic carbocycles. The van der Waals surface area contributed by atoms with Crippen LogP contribution in [0.15, 0.2) is 72.2 Å². The summed E-state index contributed by atoms with van der Waals surface area (Å²) in [5, 5.41) is 5.93. The number of nitrogens with one attached hydrogen (secondary N) is 1. The standard InChI is InChI=1S/C33H33ClF2N2O3S/c1-40-31(39)33(38-25-7-4-6-24(34)19-25)13-11-32(12-14-33)23(17-21-5-2-3-8-26(21)32)18-22(30(35)36)20-41-28-9-15-37-27-10-16-42-29(27)28/h2-10,15-16,19,22-23,30,38H,11-14,17-18,20H2,1H3. The van der Waals surface area contributed by atoms with Crippen molar-refractivity contribution in [2.24, 2.45) is 11.8 Å². The molecule has 0 amide bonds. The van der Waals surface area contributed by atoms with Crippen LogP contribution < -0.4 is 10.1 Å². The minimum Gasteiger partial charge on any atom is -0.491 e. The van der Waals surface area contributed by atoms with Crippen molar-refractivity contribution in [2.75, 3.05) is 19.0 Å². The molecule has 2 unspecified atom stereocenters. The fourth-order valence-electron chi connectivity index (χ4n) is 7.16. The molecule has 2 heterocycles. The number of pyridine rings is 1. The number of hydrogen-bond donors (Lipinski definition) is 1. The molecule has 0 bridgehead atoms. The van der Waals surface area contributed by atoms with Gasteiger partial charge in [-0.1, -0.05) is 41.9 Å². The van der Waals surface area contributed by atoms with Gasteiger partial charge in [-0.3, -0.25) is 4.98 Å². The van der Waals surface area contributed by atoms with Gasteiger partial charge in [0.1, 0.15) is 11.3 Å². The van der Waals surface area contributed by atoms with E-state index in [-0.39, 0.29) is 23.9 Å². The van der Waals surface area contributed by atoms with E-state index in [0.29, 0.717) is 42.9 Å². The topological polar surface area (TPSA) is 60.5 Å². The number of halogens is 3. The molecule has 2 aromatic heterocycles. The SMILES string of the molecule is COC(=O)C1(Nc2cccc(Cl)c2)CCC2(CC1)c1ccccc1CC2CC(COc1ccnc2ccsc12)C(F)F. The Kier molecular flexibility index (Phi) is 8.11. The summed E-state index contributed by atoms with van der Waals surface area (Å²) in [6.45, 7) is -0.0694. The van der Waals surface area contributed by atoms with E-state index in [1.54, 1.807) is 24.4 Å². The van der Waals surface area contributed by atoms with Crippen LogP contribution in [0.25, 0.3) is 10.2 Å². The molecule has 1 N–H and O–H groups in total. The van der Waals surface area contributed by atoms with Crippen molar-refractivity contribution >= 4 is 44.8 Å². The number of esters is 1. The fraction of sp³-hybridized carbons (Fsp3) is 0.394. The molecule has 9 heteroatoms. The number of hydrogen-bond acceptors (Lipinski definition) is 6. The highest BCUT2D eigenvalue weighted by atomic mass is 35.5. The van der Waals surface area contributed by atoms with Crippen LogP contribution >= 0.6 is 22.9 Å². The van der Waals surface area contributed by atoms with Crippen molar-refractivity contribution in [2.45, 2.75) is 55.9 Å². The first-order chi connectivity index (χ1) is 20.3. The lowest BCUT2D eigenvalue weighted by Gasteiger charge is -2.47. The summed E-state index contributed by atoms with van der Waals surface area (Å²) in [5.41, 5.74) is 2.75. The van der Waals surface area contributed by atoms with Crippen LogP contribution in [0.5, 0.6) is 5.75 Å². The predicted molar refractivity (Wildman–Crippen MR) is 163 cm³/mol. The van der Waals surface area contributed by atoms with Crippen LogP contribution in [0.2, 0.25) is 5.02 Å². The number of methoxy groups -OCH3 is 1. The van der Waals surface area contributed by atoms with Crippen LogP contribution in [0.1, 0.15) is 43.2 Å². The minimum absolute atomic E-state index is 0.00138. The zero-order valence-corrected chi connectivity index (χ0v) is 24.9. The smallest absolute Gasteiger partial charge is 0.331 e. The van der Waals surface area contributed by atoms with Crippen molar-refractivity contribution in [3.05, 3.63) is 88.4 Å². The van der Waals surface area contributed by atoms with Crippen LogP contribution in [-0.2, 0) is 21.4 Å². The Morgan fingerprint density at radius 1 is 1.12 bits per heavy atom. The van der Waals surface area contributed by atoms with Crippen LogP contribution in [0.3, 0.4) is 0 Å². The normalized spacial score (nSPS) is 24.1. The van der Waals surface area contributed by atoms with Gasteiger partial charge in [-0.05, 0) is 96.7 Å². The van der Waals surface area contributed by atoms with Gasteiger partial charge in [0.25, 0.3) is 0 Å². The summed E-state index contributed by atoms with van der Waals surface area (Å²) in [4.78, 5) is 17.6. The van der Waals surface area contributed by atoms with E-state index >= 15 is 0 Å². The number of ether oxygens (including phenoxy) is 2. The van der Waals surface area contributed by atoms with Gasteiger partial charge >= 0.3 is 5.97 Å². The van der Waals surface area contributed by atoms with Gasteiger partial charge in [-0.15, -0.1) is 11.3 Å². The van der Waals surface area contributed by atoms with Crippen molar-refractivity contribution in [3.63, 3.8) is 0 Å². The highest BCUT2D eigenvalue weighted by molar-refractivity contribution is 7.17. The molecule has 220 valence electrons. The van der Waals surface area contributed by atoms with E-state index in [0.717, 1.165) is 22.3 Å². The number of carbonyl (C=O) groups excluding carboxylic acids is 1. The van der Waals surface area contributed by atoms with Gasteiger partial charge < -0.3 is 14.8 Å². The Hall–Kier alpha value is -3.23. The first kappa shape index (κ1) is 28.9. The van der Waals surface area contributed by atoms with E-state index in [9.17, 15) is 13.6 Å². The van der Waals surface area contributed by atoms with Crippen LogP contribution in [0.4, 0.5) is 14.5 Å². The molecule has 4 aromatic rings. The summed E-state index contributed by atoms with van der Waals surface area (Å²) < 4.78 is 41.3. The summed E-state index contributed by atoms with van der Waals surface area (Å²) >= 11 is 7.72. The van der Waals surface area contributed by atoms with Gasteiger partial charge in [0.15, 0.2) is 0 Å². The third-order valence-electron chi connectivity index (χ3n) is 9.29. The monoisotopic (exact) mass is 610 g/mol. The average molecular weight is 611 g/mol. The summed E-state index contributed by atoms with van der Waals surface area (Å²) in [5.74, 6) is -0.659. The Bertz CT molecular complexity index is 1570. The molecule has 2 aromatic carbocycles. The zero-order chi connectivity index (χ0) is 29.3. The second-order valence-corrected chi connectivity index (χ2v) is 12.9. The summed E-state index contributed by atoms with van der Waals surface area (Å²) in [6, 6.07) is 19.2. The highest BCUT2D eigenvalue weighted by Crippen LogP contribution is 2.56. The van der Waals surface area contributed by atoms with Crippen molar-refractivity contribution in [1.82, 2.24) is 4.98 Å². The number of thiophene rings is 1. The lowest BCUT2D eigenvalue weighted by atomic mass is 9.59. The van der Waals surface area contributed by atoms with Gasteiger partial charge in [-0.25, -0.2) is 13.6 Å². The summed E-state index contributed by atoms with van der Waals surface area (Å²) in [6.07, 6.45) is 2.57. The molecule has 0 aliphatic heterocycles. The van der Waals surface area contributed by atoms with Gasteiger partial charge in [-0.2, -0.15) is 0 Å². The minimum atomic E-state index is -2.52. The number of fused-ring (bicyclic) bond motifs is 3. The first-order valence-electron chi connectivity index (χ1n) is 14.3. The number of aromatic nitrogens is 1. The second-order valence-electron chi connectivity index (χ2n) is 11.5. The maximum absolute atomic E-state index is 14.6. The Morgan fingerprint density at radius 2 is 1.93 bits per heavy atom. The van der Waals surface area contributed by atoms with Crippen molar-refractivity contribution < 1.29 is 23.0 Å². The van der Waals surface area contributed by atoms with Crippen molar-refractivity contribution in [1.29, 1.82) is 0 Å². The van der Waals surface area contributed by atoms with Gasteiger partial charge in [0.05, 0.1) is 29.9 Å². The van der Waals surface area contributed by atoms with E-state index in [4.69, 9.17) is 21.1 Å². The third-order valence-corrected chi connectivity index (χ3v) is 10.4. The number of alkyl halides is 2. The second kappa shape index (κ2) is 11.8. The van der Waals surface area contributed by atoms with E-state index in [1.165, 1.54) is 29.6 Å². The number of rotatable bonds is 9. The molecule has 0 radical (unpaired) electrons. The molecule has 2 atom stereocenters. The maximum Gasteiger partial charge on any atom is 0.331 e. The van der Waals surface area contributed by atoms with Gasteiger partial charge in [0, 0.05) is 16.9 Å². The van der Waals surface area contributed by atoms with Crippen molar-refractivity contribution in [3.8, 4) is 5.75 Å². The zero-order valence-electron chi connectivity index (χ0n) is 23.3. The molecule has 1 saturated carbocycles. The fourth-order valence-corrected chi connectivity index (χ4v) is 8.17. The van der Waals surface area contributed by atoms with Crippen LogP contribution in [-0.4, -0.2) is 36.6 Å². The third kappa shape index (κ3) is 5.35. The lowest BCUT2D eigenvalue weighted by Crippen LogP contribution is -2.53. The molecule has 1 spiro atoms. The van der Waals surface area contributed by atoms with E-state index < -0.39 is 17.9 Å². The molecular weight excluding hydrogens is 578 g/mol. The molecule has 6 rings (SSSR count). The molecule has 5 nitrogen and oxygen atoms in total. The molecule has 2 aliphatic rings. The highest BCUT2D eigenvalue weighted by Gasteiger charge is 2.54. The largest absolute Gasteiger partial charge is 0.491 e. The Labute approximate surface area is 253 Å². The molecule has 0 saturated heterocycles. The first-order valence-corrected chi connectivity index (χ1v) is 15.5. The molecular formula is C33H33ClF2N2O3S.